The number of aliphatic hydroxyl groups is 2. The van der Waals surface area contributed by atoms with Gasteiger partial charge in [-0.3, -0.25) is 0 Å². The zero-order valence-corrected chi connectivity index (χ0v) is 8.61. The zero-order valence-electron chi connectivity index (χ0n) is 8.61. The molecule has 0 aliphatic carbocycles. The molecule has 13 heavy (non-hydrogen) atoms. The van der Waals surface area contributed by atoms with E-state index in [1.165, 1.54) is 27.7 Å². The summed E-state index contributed by atoms with van der Waals surface area (Å²) in [6.07, 6.45) is -1.84. The Bertz CT molecular complexity index is 142. The first-order valence-electron chi connectivity index (χ1n) is 4.16. The van der Waals surface area contributed by atoms with E-state index in [4.69, 9.17) is 16.2 Å². The molecule has 0 aromatic rings. The van der Waals surface area contributed by atoms with Crippen LogP contribution >= 0.6 is 0 Å². The van der Waals surface area contributed by atoms with Crippen LogP contribution in [0.3, 0.4) is 0 Å². The molecule has 0 aliphatic heterocycles. The van der Waals surface area contributed by atoms with Crippen molar-refractivity contribution in [3.63, 3.8) is 0 Å². The highest BCUT2D eigenvalue weighted by Crippen LogP contribution is 2.13. The van der Waals surface area contributed by atoms with E-state index in [-0.39, 0.29) is 0 Å². The van der Waals surface area contributed by atoms with Gasteiger partial charge in [-0.25, -0.2) is 0 Å². The summed E-state index contributed by atoms with van der Waals surface area (Å²) in [6.45, 7) is 6.03. The topological polar surface area (TPSA) is 102 Å². The molecule has 0 spiro atoms. The molecule has 0 radical (unpaired) electrons. The Balaban J connectivity index is 4.15. The molecular formula is C8H20N2O3. The van der Waals surface area contributed by atoms with Crippen LogP contribution in [0.1, 0.15) is 27.7 Å². The third-order valence-corrected chi connectivity index (χ3v) is 1.69. The molecule has 0 fully saturated rings. The first-order valence-corrected chi connectivity index (χ1v) is 4.16. The minimum Gasteiger partial charge on any atom is -0.386 e. The first-order chi connectivity index (χ1) is 5.55. The van der Waals surface area contributed by atoms with E-state index in [2.05, 4.69) is 0 Å². The van der Waals surface area contributed by atoms with Gasteiger partial charge >= 0.3 is 0 Å². The fourth-order valence-corrected chi connectivity index (χ4v) is 0.491. The standard InChI is InChI=1S/C8H20N2O3/c1-7(2,11)5(9)13-6(10)8(3,4)12/h5-6,11-12H,9-10H2,1-4H3. The lowest BCUT2D eigenvalue weighted by molar-refractivity contribution is -0.163. The SMILES string of the molecule is CC(C)(O)C(N)OC(N)C(C)(C)O. The molecule has 0 bridgehead atoms. The molecule has 0 aliphatic rings. The second-order valence-corrected chi connectivity index (χ2v) is 4.28. The minimum atomic E-state index is -1.18. The van der Waals surface area contributed by atoms with Crippen LogP contribution in [-0.2, 0) is 4.74 Å². The number of rotatable bonds is 4. The van der Waals surface area contributed by atoms with Crippen molar-refractivity contribution in [3.8, 4) is 0 Å². The quantitative estimate of drug-likeness (QED) is 0.433. The van der Waals surface area contributed by atoms with Crippen molar-refractivity contribution >= 4 is 0 Å². The van der Waals surface area contributed by atoms with Crippen molar-refractivity contribution in [2.24, 2.45) is 11.5 Å². The second-order valence-electron chi connectivity index (χ2n) is 4.28. The Morgan fingerprint density at radius 2 is 1.15 bits per heavy atom. The van der Waals surface area contributed by atoms with Crippen LogP contribution in [0.4, 0.5) is 0 Å². The number of ether oxygens (including phenoxy) is 1. The molecule has 0 aromatic carbocycles. The molecule has 0 heterocycles. The lowest BCUT2D eigenvalue weighted by atomic mass is 10.1. The Morgan fingerprint density at radius 1 is 0.923 bits per heavy atom. The van der Waals surface area contributed by atoms with Gasteiger partial charge in [-0.1, -0.05) is 0 Å². The van der Waals surface area contributed by atoms with E-state index in [9.17, 15) is 10.2 Å². The average Bonchev–Trinajstić information content (AvgIpc) is 1.82. The van der Waals surface area contributed by atoms with Gasteiger partial charge in [0, 0.05) is 0 Å². The summed E-state index contributed by atoms with van der Waals surface area (Å²) in [4.78, 5) is 0. The highest BCUT2D eigenvalue weighted by atomic mass is 16.5. The summed E-state index contributed by atoms with van der Waals surface area (Å²) >= 11 is 0. The highest BCUT2D eigenvalue weighted by Gasteiger charge is 2.31. The van der Waals surface area contributed by atoms with Crippen molar-refractivity contribution in [2.75, 3.05) is 0 Å². The Labute approximate surface area is 78.7 Å². The summed E-state index contributed by atoms with van der Waals surface area (Å²) < 4.78 is 5.03. The van der Waals surface area contributed by atoms with E-state index < -0.39 is 23.7 Å². The van der Waals surface area contributed by atoms with Crippen molar-refractivity contribution in [2.45, 2.75) is 51.4 Å². The largest absolute Gasteiger partial charge is 0.386 e. The van der Waals surface area contributed by atoms with Crippen LogP contribution in [-0.4, -0.2) is 33.9 Å². The molecule has 0 amide bonds. The molecule has 0 aromatic heterocycles. The van der Waals surface area contributed by atoms with Gasteiger partial charge in [-0.05, 0) is 27.7 Å². The van der Waals surface area contributed by atoms with Crippen molar-refractivity contribution in [1.82, 2.24) is 0 Å². The van der Waals surface area contributed by atoms with Gasteiger partial charge in [-0.15, -0.1) is 0 Å². The van der Waals surface area contributed by atoms with E-state index in [1.807, 2.05) is 0 Å². The van der Waals surface area contributed by atoms with Gasteiger partial charge in [0.1, 0.15) is 12.5 Å². The summed E-state index contributed by atoms with van der Waals surface area (Å²) in [6, 6.07) is 0. The molecule has 80 valence electrons. The van der Waals surface area contributed by atoms with Crippen molar-refractivity contribution in [3.05, 3.63) is 0 Å². The average molecular weight is 192 g/mol. The predicted octanol–water partition coefficient (Wildman–Crippen LogP) is -0.886. The van der Waals surface area contributed by atoms with Gasteiger partial charge < -0.3 is 26.4 Å². The van der Waals surface area contributed by atoms with Crippen LogP contribution < -0.4 is 11.5 Å². The fraction of sp³-hybridized carbons (Fsp3) is 1.00. The second kappa shape index (κ2) is 3.89. The van der Waals surface area contributed by atoms with Gasteiger partial charge in [0.2, 0.25) is 0 Å². The fourth-order valence-electron chi connectivity index (χ4n) is 0.491. The Hall–Kier alpha value is -0.200. The molecule has 0 saturated heterocycles. The lowest BCUT2D eigenvalue weighted by Crippen LogP contribution is -2.54. The maximum atomic E-state index is 9.41. The van der Waals surface area contributed by atoms with E-state index in [0.29, 0.717) is 0 Å². The van der Waals surface area contributed by atoms with Crippen LogP contribution in [0.5, 0.6) is 0 Å². The number of hydrogen-bond donors (Lipinski definition) is 4. The molecular weight excluding hydrogens is 172 g/mol. The summed E-state index contributed by atoms with van der Waals surface area (Å²) in [5.74, 6) is 0. The van der Waals surface area contributed by atoms with Crippen molar-refractivity contribution in [1.29, 1.82) is 0 Å². The van der Waals surface area contributed by atoms with E-state index in [0.717, 1.165) is 0 Å². The maximum absolute atomic E-state index is 9.41. The zero-order chi connectivity index (χ0) is 10.9. The molecule has 0 saturated carbocycles. The Morgan fingerprint density at radius 3 is 1.31 bits per heavy atom. The number of nitrogens with two attached hydrogens (primary N) is 2. The Kier molecular flexibility index (Phi) is 3.83. The van der Waals surface area contributed by atoms with Crippen LogP contribution in [0.2, 0.25) is 0 Å². The molecule has 2 atom stereocenters. The molecule has 6 N–H and O–H groups in total. The molecule has 5 heteroatoms. The minimum absolute atomic E-state index is 0.922. The predicted molar refractivity (Wildman–Crippen MR) is 49.6 cm³/mol. The smallest absolute Gasteiger partial charge is 0.136 e. The maximum Gasteiger partial charge on any atom is 0.136 e. The van der Waals surface area contributed by atoms with Gasteiger partial charge in [0.25, 0.3) is 0 Å². The third-order valence-electron chi connectivity index (χ3n) is 1.69. The van der Waals surface area contributed by atoms with Crippen molar-refractivity contribution < 1.29 is 14.9 Å². The highest BCUT2D eigenvalue weighted by molar-refractivity contribution is 4.78. The first kappa shape index (κ1) is 12.8. The van der Waals surface area contributed by atoms with Gasteiger partial charge in [0.15, 0.2) is 0 Å². The summed E-state index contributed by atoms with van der Waals surface area (Å²) in [5, 5.41) is 18.8. The third kappa shape index (κ3) is 4.54. The number of hydrogen-bond acceptors (Lipinski definition) is 5. The van der Waals surface area contributed by atoms with Gasteiger partial charge in [-0.2, -0.15) is 0 Å². The summed E-state index contributed by atoms with van der Waals surface area (Å²) in [5.41, 5.74) is 8.61. The molecule has 2 unspecified atom stereocenters. The monoisotopic (exact) mass is 192 g/mol. The van der Waals surface area contributed by atoms with Crippen LogP contribution in [0.15, 0.2) is 0 Å². The van der Waals surface area contributed by atoms with E-state index in [1.54, 1.807) is 0 Å². The van der Waals surface area contributed by atoms with Gasteiger partial charge in [0.05, 0.1) is 11.2 Å². The normalized spacial score (nSPS) is 18.5. The molecule has 0 rings (SSSR count). The van der Waals surface area contributed by atoms with E-state index >= 15 is 0 Å². The molecule has 5 nitrogen and oxygen atoms in total. The van der Waals surface area contributed by atoms with Crippen LogP contribution in [0, 0.1) is 0 Å². The lowest BCUT2D eigenvalue weighted by Gasteiger charge is -2.33. The van der Waals surface area contributed by atoms with Crippen LogP contribution in [0.25, 0.3) is 0 Å². The summed E-state index contributed by atoms with van der Waals surface area (Å²) in [7, 11) is 0.